The van der Waals surface area contributed by atoms with Crippen molar-refractivity contribution in [2.45, 2.75) is 37.4 Å². The van der Waals surface area contributed by atoms with E-state index < -0.39 is 10.0 Å². The van der Waals surface area contributed by atoms with Gasteiger partial charge in [0.15, 0.2) is 0 Å². The zero-order valence-electron chi connectivity index (χ0n) is 11.7. The van der Waals surface area contributed by atoms with E-state index in [1.54, 1.807) is 6.07 Å². The first-order valence-corrected chi connectivity index (χ1v) is 8.59. The van der Waals surface area contributed by atoms with Gasteiger partial charge in [-0.25, -0.2) is 8.42 Å². The topological polar surface area (TPSA) is 76.3 Å². The smallest absolute Gasteiger partial charge is 0.252 e. The van der Waals surface area contributed by atoms with Gasteiger partial charge in [-0.2, -0.15) is 4.31 Å². The summed E-state index contributed by atoms with van der Waals surface area (Å²) in [5, 5.41) is 7.66. The van der Waals surface area contributed by atoms with E-state index in [9.17, 15) is 8.42 Å². The molecule has 0 aliphatic rings. The fraction of sp³-hybridized carbons (Fsp3) is 0.500. The second-order valence-electron chi connectivity index (χ2n) is 4.28. The minimum Gasteiger partial charge on any atom is -0.424 e. The molecule has 2 aromatic heterocycles. The second kappa shape index (κ2) is 6.02. The molecule has 0 radical (unpaired) electrons. The van der Waals surface area contributed by atoms with E-state index in [0.717, 1.165) is 11.3 Å². The highest BCUT2D eigenvalue weighted by Gasteiger charge is 2.24. The molecule has 0 spiro atoms. The maximum absolute atomic E-state index is 12.4. The van der Waals surface area contributed by atoms with E-state index in [1.165, 1.54) is 22.7 Å². The summed E-state index contributed by atoms with van der Waals surface area (Å²) in [5.74, 6) is 0.815. The van der Waals surface area contributed by atoms with Gasteiger partial charge in [0.05, 0.1) is 6.54 Å². The van der Waals surface area contributed by atoms with Crippen LogP contribution in [0.2, 0.25) is 0 Å². The molecule has 0 amide bonds. The Hall–Kier alpha value is -1.25. The van der Waals surface area contributed by atoms with Crippen LogP contribution < -0.4 is 0 Å². The number of aryl methyl sites for hydroxylation is 2. The third kappa shape index (κ3) is 3.08. The van der Waals surface area contributed by atoms with Crippen molar-refractivity contribution >= 4 is 21.4 Å². The van der Waals surface area contributed by atoms with Crippen LogP contribution in [0.3, 0.4) is 0 Å². The van der Waals surface area contributed by atoms with Gasteiger partial charge in [-0.1, -0.05) is 13.8 Å². The molecule has 110 valence electrons. The van der Waals surface area contributed by atoms with Crippen molar-refractivity contribution < 1.29 is 12.8 Å². The minimum atomic E-state index is -3.50. The highest BCUT2D eigenvalue weighted by atomic mass is 32.2. The summed E-state index contributed by atoms with van der Waals surface area (Å²) in [4.78, 5) is 1.04. The van der Waals surface area contributed by atoms with Crippen LogP contribution in [0, 0.1) is 0 Å². The normalized spacial score (nSPS) is 12.2. The van der Waals surface area contributed by atoms with E-state index in [4.69, 9.17) is 4.42 Å². The van der Waals surface area contributed by atoms with Crippen LogP contribution in [-0.4, -0.2) is 30.0 Å². The van der Waals surface area contributed by atoms with Crippen LogP contribution in [0.15, 0.2) is 20.8 Å². The van der Waals surface area contributed by atoms with Crippen molar-refractivity contribution in [1.29, 1.82) is 0 Å². The van der Waals surface area contributed by atoms with Gasteiger partial charge in [-0.15, -0.1) is 21.5 Å². The predicted molar refractivity (Wildman–Crippen MR) is 76.0 cm³/mol. The van der Waals surface area contributed by atoms with Gasteiger partial charge in [-0.05, 0) is 18.6 Å². The van der Waals surface area contributed by atoms with Gasteiger partial charge in [0.2, 0.25) is 11.8 Å². The Balaban J connectivity index is 2.16. The summed E-state index contributed by atoms with van der Waals surface area (Å²) in [6.45, 7) is 3.97. The van der Waals surface area contributed by atoms with E-state index in [2.05, 4.69) is 10.2 Å². The fourth-order valence-electron chi connectivity index (χ4n) is 1.61. The van der Waals surface area contributed by atoms with E-state index in [1.807, 2.05) is 19.9 Å². The summed E-state index contributed by atoms with van der Waals surface area (Å²) >= 11 is 1.29. The number of sulfonamides is 1. The molecular formula is C12H17N3O3S2. The Kier molecular flexibility index (Phi) is 4.56. The molecule has 2 aromatic rings. The standard InChI is InChI=1S/C12H17N3O3S2/c1-4-9-6-7-12(19-9)20(16,17)15(3)8-11-14-13-10(5-2)18-11/h6-7H,4-5,8H2,1-3H3. The molecule has 20 heavy (non-hydrogen) atoms. The lowest BCUT2D eigenvalue weighted by Crippen LogP contribution is -2.26. The Bertz CT molecular complexity index is 676. The van der Waals surface area contributed by atoms with E-state index >= 15 is 0 Å². The third-order valence-corrected chi connectivity index (χ3v) is 6.32. The first kappa shape index (κ1) is 15.1. The van der Waals surface area contributed by atoms with Crippen LogP contribution in [0.25, 0.3) is 0 Å². The molecule has 2 heterocycles. The lowest BCUT2D eigenvalue weighted by molar-refractivity contribution is 0.382. The molecule has 0 saturated heterocycles. The zero-order valence-corrected chi connectivity index (χ0v) is 13.3. The number of hydrogen-bond acceptors (Lipinski definition) is 6. The highest BCUT2D eigenvalue weighted by Crippen LogP contribution is 2.25. The van der Waals surface area contributed by atoms with Crippen LogP contribution in [-0.2, 0) is 29.4 Å². The average Bonchev–Trinajstić information content (AvgIpc) is 3.07. The zero-order chi connectivity index (χ0) is 14.8. The number of thiophene rings is 1. The first-order valence-electron chi connectivity index (χ1n) is 6.33. The van der Waals surface area contributed by atoms with E-state index in [0.29, 0.717) is 22.4 Å². The highest BCUT2D eigenvalue weighted by molar-refractivity contribution is 7.91. The van der Waals surface area contributed by atoms with Crippen molar-refractivity contribution in [3.05, 3.63) is 28.8 Å². The molecule has 0 atom stereocenters. The molecule has 0 aliphatic heterocycles. The summed E-state index contributed by atoms with van der Waals surface area (Å²) in [6.07, 6.45) is 1.46. The van der Waals surface area contributed by atoms with Crippen LogP contribution >= 0.6 is 11.3 Å². The lowest BCUT2D eigenvalue weighted by atomic mass is 10.4. The molecule has 0 bridgehead atoms. The summed E-state index contributed by atoms with van der Waals surface area (Å²) < 4.78 is 31.7. The molecule has 0 saturated carbocycles. The minimum absolute atomic E-state index is 0.0781. The third-order valence-electron chi connectivity index (χ3n) is 2.82. The lowest BCUT2D eigenvalue weighted by Gasteiger charge is -2.13. The maximum Gasteiger partial charge on any atom is 0.252 e. The van der Waals surface area contributed by atoms with Crippen molar-refractivity contribution in [2.75, 3.05) is 7.05 Å². The predicted octanol–water partition coefficient (Wildman–Crippen LogP) is 2.08. The molecule has 2 rings (SSSR count). The molecule has 8 heteroatoms. The van der Waals surface area contributed by atoms with Gasteiger partial charge < -0.3 is 4.42 Å². The van der Waals surface area contributed by atoms with Gasteiger partial charge >= 0.3 is 0 Å². The van der Waals surface area contributed by atoms with Crippen molar-refractivity contribution in [3.63, 3.8) is 0 Å². The summed E-state index contributed by atoms with van der Waals surface area (Å²) in [7, 11) is -1.99. The SMILES string of the molecule is CCc1nnc(CN(C)S(=O)(=O)c2ccc(CC)s2)o1. The van der Waals surface area contributed by atoms with Gasteiger partial charge in [0.25, 0.3) is 10.0 Å². The molecular weight excluding hydrogens is 298 g/mol. The molecule has 0 aromatic carbocycles. The molecule has 0 N–H and O–H groups in total. The van der Waals surface area contributed by atoms with Crippen LogP contribution in [0.5, 0.6) is 0 Å². The maximum atomic E-state index is 12.4. The monoisotopic (exact) mass is 315 g/mol. The molecule has 0 unspecified atom stereocenters. The van der Waals surface area contributed by atoms with Crippen molar-refractivity contribution in [1.82, 2.24) is 14.5 Å². The fourth-order valence-corrected chi connectivity index (χ4v) is 4.24. The van der Waals surface area contributed by atoms with Crippen LogP contribution in [0.4, 0.5) is 0 Å². The quantitative estimate of drug-likeness (QED) is 0.815. The Morgan fingerprint density at radius 3 is 2.45 bits per heavy atom. The molecule has 0 fully saturated rings. The van der Waals surface area contributed by atoms with Gasteiger partial charge in [0.1, 0.15) is 4.21 Å². The van der Waals surface area contributed by atoms with Gasteiger partial charge in [-0.3, -0.25) is 0 Å². The second-order valence-corrected chi connectivity index (χ2v) is 7.72. The first-order chi connectivity index (χ1) is 9.47. The van der Waals surface area contributed by atoms with E-state index in [-0.39, 0.29) is 6.54 Å². The van der Waals surface area contributed by atoms with Crippen LogP contribution in [0.1, 0.15) is 30.5 Å². The van der Waals surface area contributed by atoms with Gasteiger partial charge in [0, 0.05) is 18.3 Å². The number of nitrogens with zero attached hydrogens (tertiary/aromatic N) is 3. The number of hydrogen-bond donors (Lipinski definition) is 0. The Morgan fingerprint density at radius 2 is 1.90 bits per heavy atom. The summed E-state index contributed by atoms with van der Waals surface area (Å²) in [6, 6.07) is 3.48. The number of aromatic nitrogens is 2. The van der Waals surface area contributed by atoms with Crippen molar-refractivity contribution in [3.8, 4) is 0 Å². The largest absolute Gasteiger partial charge is 0.424 e. The Labute approximate surface area is 122 Å². The number of rotatable bonds is 6. The Morgan fingerprint density at radius 1 is 1.20 bits per heavy atom. The summed E-state index contributed by atoms with van der Waals surface area (Å²) in [5.41, 5.74) is 0. The average molecular weight is 315 g/mol. The molecule has 0 aliphatic carbocycles. The molecule has 6 nitrogen and oxygen atoms in total. The van der Waals surface area contributed by atoms with Crippen molar-refractivity contribution in [2.24, 2.45) is 0 Å².